The van der Waals surface area contributed by atoms with Crippen LogP contribution in [0.1, 0.15) is 27.7 Å². The zero-order valence-electron chi connectivity index (χ0n) is 8.07. The number of hydrogen-bond acceptors (Lipinski definition) is 2. The lowest BCUT2D eigenvalue weighted by Gasteiger charge is -2.10. The Kier molecular flexibility index (Phi) is 2.00. The lowest BCUT2D eigenvalue weighted by molar-refractivity contribution is -0.807. The Morgan fingerprint density at radius 1 is 1.50 bits per heavy atom. The molecule has 4 heteroatoms. The summed E-state index contributed by atoms with van der Waals surface area (Å²) in [5.41, 5.74) is 0.797. The fourth-order valence-electron chi connectivity index (χ4n) is 0.718. The molecule has 0 fully saturated rings. The maximum atomic E-state index is 4.20. The molecule has 0 saturated heterocycles. The maximum absolute atomic E-state index is 4.20. The molecular weight excluding hydrogens is 152 g/mol. The van der Waals surface area contributed by atoms with E-state index in [0.29, 0.717) is 0 Å². The molecule has 0 saturated carbocycles. The van der Waals surface area contributed by atoms with E-state index in [-0.39, 0.29) is 5.54 Å². The van der Waals surface area contributed by atoms with E-state index >= 15 is 0 Å². The largest absolute Gasteiger partial charge is 0.287 e. The van der Waals surface area contributed by atoms with Crippen LogP contribution in [0, 0.1) is 0 Å². The van der Waals surface area contributed by atoms with E-state index in [0.717, 1.165) is 5.70 Å². The summed E-state index contributed by atoms with van der Waals surface area (Å²) >= 11 is 0. The maximum Gasteiger partial charge on any atom is 0.287 e. The standard InChI is InChI=1S/C8H15N4/c1-7(2)12-9-6-11(10-12)8(3,4)5/h6H,1H2,2-5H3/q+1. The van der Waals surface area contributed by atoms with Gasteiger partial charge in [0.25, 0.3) is 6.33 Å². The first kappa shape index (κ1) is 8.90. The Bertz CT molecular complexity index is 292. The van der Waals surface area contributed by atoms with Gasteiger partial charge in [0.2, 0.25) is 0 Å². The van der Waals surface area contributed by atoms with Crippen LogP contribution in [0.3, 0.4) is 0 Å². The molecule has 0 aromatic carbocycles. The molecule has 1 aromatic rings. The van der Waals surface area contributed by atoms with Crippen molar-refractivity contribution in [3.8, 4) is 0 Å². The van der Waals surface area contributed by atoms with Crippen LogP contribution in [0.4, 0.5) is 0 Å². The number of nitrogens with zero attached hydrogens (tertiary/aromatic N) is 4. The second kappa shape index (κ2) is 2.69. The van der Waals surface area contributed by atoms with Gasteiger partial charge in [-0.15, -0.1) is 4.68 Å². The summed E-state index contributed by atoms with van der Waals surface area (Å²) in [6.45, 7) is 11.8. The van der Waals surface area contributed by atoms with Gasteiger partial charge in [-0.2, -0.15) is 0 Å². The van der Waals surface area contributed by atoms with Crippen molar-refractivity contribution in [2.24, 2.45) is 0 Å². The van der Waals surface area contributed by atoms with E-state index in [2.05, 4.69) is 37.7 Å². The van der Waals surface area contributed by atoms with E-state index in [1.807, 2.05) is 11.6 Å². The molecule has 0 aliphatic heterocycles. The normalized spacial score (nSPS) is 11.7. The van der Waals surface area contributed by atoms with Crippen molar-refractivity contribution in [1.82, 2.24) is 15.1 Å². The number of aromatic nitrogens is 4. The SMILES string of the molecule is C=C(C)n1nc[n+](C(C)(C)C)n1. The van der Waals surface area contributed by atoms with Crippen molar-refractivity contribution in [3.63, 3.8) is 0 Å². The highest BCUT2D eigenvalue weighted by atomic mass is 15.6. The van der Waals surface area contributed by atoms with Crippen molar-refractivity contribution in [2.45, 2.75) is 33.2 Å². The summed E-state index contributed by atoms with van der Waals surface area (Å²) in [6.07, 6.45) is 1.70. The van der Waals surface area contributed by atoms with Gasteiger partial charge >= 0.3 is 0 Å². The van der Waals surface area contributed by atoms with Crippen LogP contribution in [0.5, 0.6) is 0 Å². The van der Waals surface area contributed by atoms with Crippen LogP contribution in [0.15, 0.2) is 12.9 Å². The van der Waals surface area contributed by atoms with Crippen molar-refractivity contribution in [1.29, 1.82) is 0 Å². The van der Waals surface area contributed by atoms with Gasteiger partial charge in [0, 0.05) is 4.80 Å². The molecule has 1 heterocycles. The molecule has 0 radical (unpaired) electrons. The Hall–Kier alpha value is -1.19. The lowest BCUT2D eigenvalue weighted by Crippen LogP contribution is -2.51. The Labute approximate surface area is 72.5 Å². The molecule has 0 bridgehead atoms. The molecule has 66 valence electrons. The summed E-state index contributed by atoms with van der Waals surface area (Å²) in [6, 6.07) is 0. The quantitative estimate of drug-likeness (QED) is 0.580. The first-order valence-corrected chi connectivity index (χ1v) is 3.92. The molecule has 0 aliphatic rings. The summed E-state index contributed by atoms with van der Waals surface area (Å²) in [4.78, 5) is 1.52. The minimum atomic E-state index is -0.0201. The molecule has 12 heavy (non-hydrogen) atoms. The molecule has 0 spiro atoms. The van der Waals surface area contributed by atoms with E-state index in [1.165, 1.54) is 4.80 Å². The third-order valence-electron chi connectivity index (χ3n) is 1.48. The Morgan fingerprint density at radius 2 is 2.08 bits per heavy atom. The van der Waals surface area contributed by atoms with Gasteiger partial charge in [0.15, 0.2) is 0 Å². The highest BCUT2D eigenvalue weighted by Gasteiger charge is 2.21. The van der Waals surface area contributed by atoms with Crippen LogP contribution < -0.4 is 4.68 Å². The second-order valence-electron chi connectivity index (χ2n) is 3.86. The van der Waals surface area contributed by atoms with Crippen LogP contribution in [0.2, 0.25) is 0 Å². The summed E-state index contributed by atoms with van der Waals surface area (Å²) in [7, 11) is 0. The van der Waals surface area contributed by atoms with Crippen LogP contribution in [-0.2, 0) is 5.54 Å². The Balaban J connectivity index is 3.00. The average molecular weight is 167 g/mol. The molecule has 4 nitrogen and oxygen atoms in total. The smallest absolute Gasteiger partial charge is 0.134 e. The monoisotopic (exact) mass is 167 g/mol. The van der Waals surface area contributed by atoms with E-state index < -0.39 is 0 Å². The van der Waals surface area contributed by atoms with Crippen molar-refractivity contribution in [3.05, 3.63) is 12.9 Å². The van der Waals surface area contributed by atoms with E-state index in [1.54, 1.807) is 6.33 Å². The van der Waals surface area contributed by atoms with Crippen molar-refractivity contribution >= 4 is 5.70 Å². The number of hydrogen-bond donors (Lipinski definition) is 0. The minimum Gasteiger partial charge on any atom is -0.134 e. The first-order valence-electron chi connectivity index (χ1n) is 3.92. The van der Waals surface area contributed by atoms with Crippen LogP contribution in [-0.4, -0.2) is 15.1 Å². The van der Waals surface area contributed by atoms with Gasteiger partial charge in [-0.05, 0) is 27.7 Å². The van der Waals surface area contributed by atoms with E-state index in [9.17, 15) is 0 Å². The van der Waals surface area contributed by atoms with Gasteiger partial charge in [0.05, 0.1) is 10.3 Å². The molecule has 0 atom stereocenters. The lowest BCUT2D eigenvalue weighted by atomic mass is 10.1. The minimum absolute atomic E-state index is 0.0201. The average Bonchev–Trinajstić information content (AvgIpc) is 2.30. The third kappa shape index (κ3) is 1.69. The van der Waals surface area contributed by atoms with Gasteiger partial charge < -0.3 is 0 Å². The third-order valence-corrected chi connectivity index (χ3v) is 1.48. The predicted octanol–water partition coefficient (Wildman–Crippen LogP) is 0.811. The fraction of sp³-hybridized carbons (Fsp3) is 0.625. The fourth-order valence-corrected chi connectivity index (χ4v) is 0.718. The zero-order valence-corrected chi connectivity index (χ0v) is 8.07. The molecule has 0 unspecified atom stereocenters. The second-order valence-corrected chi connectivity index (χ2v) is 3.86. The highest BCUT2D eigenvalue weighted by Crippen LogP contribution is 2.01. The van der Waals surface area contributed by atoms with E-state index in [4.69, 9.17) is 0 Å². The number of allylic oxidation sites excluding steroid dienone is 1. The van der Waals surface area contributed by atoms with Gasteiger partial charge in [-0.3, -0.25) is 0 Å². The summed E-state index contributed by atoms with van der Waals surface area (Å²) < 4.78 is 1.81. The summed E-state index contributed by atoms with van der Waals surface area (Å²) in [5, 5.41) is 8.25. The molecule has 0 aliphatic carbocycles. The number of rotatable bonds is 1. The van der Waals surface area contributed by atoms with Crippen molar-refractivity contribution < 1.29 is 4.68 Å². The van der Waals surface area contributed by atoms with Gasteiger partial charge in [-0.25, -0.2) is 0 Å². The molecular formula is C8H15N4+. The summed E-state index contributed by atoms with van der Waals surface area (Å²) in [5.74, 6) is 0. The molecule has 0 N–H and O–H groups in total. The predicted molar refractivity (Wildman–Crippen MR) is 46.2 cm³/mol. The Morgan fingerprint density at radius 3 is 2.33 bits per heavy atom. The molecule has 1 rings (SSSR count). The highest BCUT2D eigenvalue weighted by molar-refractivity contribution is 5.32. The van der Waals surface area contributed by atoms with Crippen LogP contribution >= 0.6 is 0 Å². The molecule has 0 amide bonds. The van der Waals surface area contributed by atoms with Crippen LogP contribution in [0.25, 0.3) is 5.70 Å². The van der Waals surface area contributed by atoms with Gasteiger partial charge in [0.1, 0.15) is 11.2 Å². The zero-order chi connectivity index (χ0) is 9.35. The topological polar surface area (TPSA) is 34.6 Å². The number of tetrazole rings is 1. The van der Waals surface area contributed by atoms with Crippen molar-refractivity contribution in [2.75, 3.05) is 0 Å². The molecule has 1 aromatic heterocycles. The first-order chi connectivity index (χ1) is 5.41. The van der Waals surface area contributed by atoms with Gasteiger partial charge in [-0.1, -0.05) is 6.58 Å².